The van der Waals surface area contributed by atoms with Crippen molar-refractivity contribution in [2.75, 3.05) is 7.05 Å². The molecule has 0 fully saturated rings. The van der Waals surface area contributed by atoms with Gasteiger partial charge in [0.2, 0.25) is 11.8 Å². The van der Waals surface area contributed by atoms with Gasteiger partial charge in [-0.25, -0.2) is 4.68 Å². The lowest BCUT2D eigenvalue weighted by Crippen LogP contribution is -2.47. The minimum absolute atomic E-state index is 0.187. The maximum atomic E-state index is 12.5. The van der Waals surface area contributed by atoms with Gasteiger partial charge in [0.05, 0.1) is 35.6 Å². The molecule has 0 radical (unpaired) electrons. The molecule has 1 atom stereocenters. The second-order valence-corrected chi connectivity index (χ2v) is 7.99. The molecule has 0 saturated carbocycles. The van der Waals surface area contributed by atoms with Crippen LogP contribution in [-0.4, -0.2) is 39.9 Å². The number of nitriles is 1. The summed E-state index contributed by atoms with van der Waals surface area (Å²) in [6.45, 7) is 0. The summed E-state index contributed by atoms with van der Waals surface area (Å²) in [5.41, 5.74) is 4.90. The summed E-state index contributed by atoms with van der Waals surface area (Å²) in [6.07, 6.45) is 2.14. The monoisotopic (exact) mass is 464 g/mol. The standard InChI is InChI=1S/C27H24N6O2/c1-29-27(35)25(30-26(34)15-19-5-3-2-4-6-19)16-23-18-33(32-31-23)24-13-11-22(12-14-24)21-9-7-20(17-28)8-10-21/h2-14,18,25H,15-16H2,1H3,(H,29,35)(H,30,34). The average molecular weight is 465 g/mol. The molecular formula is C27H24N6O2. The Kier molecular flexibility index (Phi) is 7.28. The van der Waals surface area contributed by atoms with E-state index < -0.39 is 6.04 Å². The topological polar surface area (TPSA) is 113 Å². The summed E-state index contributed by atoms with van der Waals surface area (Å²) in [4.78, 5) is 24.9. The third kappa shape index (κ3) is 5.97. The molecule has 4 aromatic rings. The van der Waals surface area contributed by atoms with Gasteiger partial charge >= 0.3 is 0 Å². The molecule has 4 rings (SSSR count). The maximum Gasteiger partial charge on any atom is 0.242 e. The van der Waals surface area contributed by atoms with Crippen molar-refractivity contribution in [1.82, 2.24) is 25.6 Å². The van der Waals surface area contributed by atoms with Gasteiger partial charge in [-0.15, -0.1) is 5.10 Å². The number of carbonyl (C=O) groups excluding carboxylic acids is 2. The number of hydrogen-bond acceptors (Lipinski definition) is 5. The van der Waals surface area contributed by atoms with Gasteiger partial charge in [-0.1, -0.05) is 59.8 Å². The zero-order chi connectivity index (χ0) is 24.6. The molecule has 2 amide bonds. The summed E-state index contributed by atoms with van der Waals surface area (Å²) in [5.74, 6) is -0.539. The molecule has 0 bridgehead atoms. The number of amides is 2. The van der Waals surface area contributed by atoms with E-state index in [-0.39, 0.29) is 24.7 Å². The van der Waals surface area contributed by atoms with Gasteiger partial charge < -0.3 is 10.6 Å². The van der Waals surface area contributed by atoms with Gasteiger partial charge in [-0.3, -0.25) is 9.59 Å². The fourth-order valence-corrected chi connectivity index (χ4v) is 3.68. The molecule has 35 heavy (non-hydrogen) atoms. The highest BCUT2D eigenvalue weighted by atomic mass is 16.2. The van der Waals surface area contributed by atoms with Crippen LogP contribution in [0.25, 0.3) is 16.8 Å². The Bertz CT molecular complexity index is 1340. The summed E-state index contributed by atoms with van der Waals surface area (Å²) in [6, 6.07) is 25.9. The van der Waals surface area contributed by atoms with Gasteiger partial charge in [0.25, 0.3) is 0 Å². The van der Waals surface area contributed by atoms with E-state index in [1.165, 1.54) is 7.05 Å². The third-order valence-corrected chi connectivity index (χ3v) is 5.54. The second kappa shape index (κ2) is 10.9. The van der Waals surface area contributed by atoms with Gasteiger partial charge in [0.15, 0.2) is 0 Å². The predicted molar refractivity (Wildman–Crippen MR) is 131 cm³/mol. The fourth-order valence-electron chi connectivity index (χ4n) is 3.68. The molecule has 3 aromatic carbocycles. The van der Waals surface area contributed by atoms with Crippen LogP contribution in [0.15, 0.2) is 85.1 Å². The van der Waals surface area contributed by atoms with Crippen molar-refractivity contribution in [3.63, 3.8) is 0 Å². The first-order valence-electron chi connectivity index (χ1n) is 11.1. The zero-order valence-corrected chi connectivity index (χ0v) is 19.2. The Morgan fingerprint density at radius 3 is 2.26 bits per heavy atom. The van der Waals surface area contributed by atoms with Crippen molar-refractivity contribution in [3.05, 3.63) is 102 Å². The van der Waals surface area contributed by atoms with E-state index in [4.69, 9.17) is 5.26 Å². The lowest BCUT2D eigenvalue weighted by atomic mass is 10.0. The number of rotatable bonds is 8. The molecule has 0 saturated heterocycles. The van der Waals surface area contributed by atoms with Gasteiger partial charge in [-0.2, -0.15) is 5.26 Å². The molecular weight excluding hydrogens is 440 g/mol. The zero-order valence-electron chi connectivity index (χ0n) is 19.2. The van der Waals surface area contributed by atoms with E-state index in [2.05, 4.69) is 27.0 Å². The molecule has 8 heteroatoms. The van der Waals surface area contributed by atoms with Crippen LogP contribution in [0.1, 0.15) is 16.8 Å². The number of aromatic nitrogens is 3. The highest BCUT2D eigenvalue weighted by Crippen LogP contribution is 2.21. The van der Waals surface area contributed by atoms with Crippen molar-refractivity contribution in [2.45, 2.75) is 18.9 Å². The lowest BCUT2D eigenvalue weighted by Gasteiger charge is -2.16. The van der Waals surface area contributed by atoms with Crippen LogP contribution in [0.2, 0.25) is 0 Å². The Hall–Kier alpha value is -4.77. The van der Waals surface area contributed by atoms with Gasteiger partial charge in [-0.05, 0) is 41.0 Å². The Morgan fingerprint density at radius 1 is 0.971 bits per heavy atom. The minimum Gasteiger partial charge on any atom is -0.357 e. The molecule has 0 spiro atoms. The quantitative estimate of drug-likeness (QED) is 0.416. The van der Waals surface area contributed by atoms with Crippen LogP contribution in [0, 0.1) is 11.3 Å². The van der Waals surface area contributed by atoms with Crippen LogP contribution in [0.3, 0.4) is 0 Å². The Balaban J connectivity index is 1.43. The maximum absolute atomic E-state index is 12.5. The van der Waals surface area contributed by atoms with Crippen LogP contribution in [0.4, 0.5) is 0 Å². The lowest BCUT2D eigenvalue weighted by molar-refractivity contribution is -0.128. The Morgan fingerprint density at radius 2 is 1.63 bits per heavy atom. The Labute approximate surface area is 203 Å². The number of carbonyl (C=O) groups is 2. The van der Waals surface area contributed by atoms with Crippen LogP contribution < -0.4 is 10.6 Å². The second-order valence-electron chi connectivity index (χ2n) is 7.99. The molecule has 1 unspecified atom stereocenters. The molecule has 1 aromatic heterocycles. The number of nitrogens with one attached hydrogen (secondary N) is 2. The smallest absolute Gasteiger partial charge is 0.242 e. The van der Waals surface area contributed by atoms with Crippen molar-refractivity contribution >= 4 is 11.8 Å². The normalized spacial score (nSPS) is 11.3. The van der Waals surface area contributed by atoms with E-state index in [0.29, 0.717) is 11.3 Å². The van der Waals surface area contributed by atoms with Gasteiger partial charge in [0.1, 0.15) is 6.04 Å². The number of hydrogen-bond donors (Lipinski definition) is 2. The molecule has 0 aliphatic heterocycles. The molecule has 1 heterocycles. The fraction of sp³-hybridized carbons (Fsp3) is 0.148. The first kappa shape index (κ1) is 23.4. The largest absolute Gasteiger partial charge is 0.357 e. The SMILES string of the molecule is CNC(=O)C(Cc1cn(-c2ccc(-c3ccc(C#N)cc3)cc2)nn1)NC(=O)Cc1ccccc1. The summed E-state index contributed by atoms with van der Waals surface area (Å²) >= 11 is 0. The van der Waals surface area contributed by atoms with Crippen molar-refractivity contribution in [2.24, 2.45) is 0 Å². The summed E-state index contributed by atoms with van der Waals surface area (Å²) in [5, 5.41) is 22.7. The molecule has 0 aliphatic rings. The van der Waals surface area contributed by atoms with Crippen LogP contribution in [-0.2, 0) is 22.4 Å². The highest BCUT2D eigenvalue weighted by molar-refractivity contribution is 5.88. The van der Waals surface area contributed by atoms with Crippen molar-refractivity contribution in [3.8, 4) is 22.9 Å². The first-order chi connectivity index (χ1) is 17.1. The van der Waals surface area contributed by atoms with Crippen LogP contribution >= 0.6 is 0 Å². The number of benzene rings is 3. The van der Waals surface area contributed by atoms with E-state index in [9.17, 15) is 9.59 Å². The summed E-state index contributed by atoms with van der Waals surface area (Å²) in [7, 11) is 1.53. The average Bonchev–Trinajstić information content (AvgIpc) is 3.37. The van der Waals surface area contributed by atoms with Crippen LogP contribution in [0.5, 0.6) is 0 Å². The number of nitrogens with zero attached hydrogens (tertiary/aromatic N) is 4. The molecule has 2 N–H and O–H groups in total. The summed E-state index contributed by atoms with van der Waals surface area (Å²) < 4.78 is 1.63. The first-order valence-corrected chi connectivity index (χ1v) is 11.1. The molecule has 0 aliphatic carbocycles. The number of likely N-dealkylation sites (N-methyl/N-ethyl adjacent to an activating group) is 1. The van der Waals surface area contributed by atoms with E-state index in [0.717, 1.165) is 22.4 Å². The van der Waals surface area contributed by atoms with E-state index in [1.54, 1.807) is 23.0 Å². The van der Waals surface area contributed by atoms with Crippen molar-refractivity contribution < 1.29 is 9.59 Å². The third-order valence-electron chi connectivity index (χ3n) is 5.54. The van der Waals surface area contributed by atoms with E-state index >= 15 is 0 Å². The molecule has 174 valence electrons. The predicted octanol–water partition coefficient (Wildman–Crippen LogP) is 2.82. The molecule has 8 nitrogen and oxygen atoms in total. The van der Waals surface area contributed by atoms with Gasteiger partial charge in [0, 0.05) is 13.5 Å². The van der Waals surface area contributed by atoms with E-state index in [1.807, 2.05) is 66.7 Å². The van der Waals surface area contributed by atoms with Crippen molar-refractivity contribution in [1.29, 1.82) is 5.26 Å². The minimum atomic E-state index is -0.764. The highest BCUT2D eigenvalue weighted by Gasteiger charge is 2.22.